The maximum atomic E-state index is 13.1. The van der Waals surface area contributed by atoms with Crippen LogP contribution in [0.5, 0.6) is 0 Å². The van der Waals surface area contributed by atoms with Crippen LogP contribution >= 0.6 is 23.1 Å². The summed E-state index contributed by atoms with van der Waals surface area (Å²) in [5, 5.41) is 9.16. The molecule has 0 fully saturated rings. The molecule has 0 bridgehead atoms. The number of thiazole rings is 1. The zero-order valence-electron chi connectivity index (χ0n) is 17.0. The SMILES string of the molecule is Cc1ccc(S(=O)(=O)Cc2nnc(Sc3nc4ccccc4s3)n2-c2ccccc2)cc1. The molecule has 5 rings (SSSR count). The smallest absolute Gasteiger partial charge is 0.202 e. The number of hydrogen-bond acceptors (Lipinski definition) is 7. The van der Waals surface area contributed by atoms with Crippen molar-refractivity contribution < 1.29 is 8.42 Å². The van der Waals surface area contributed by atoms with E-state index < -0.39 is 9.84 Å². The third kappa shape index (κ3) is 4.19. The largest absolute Gasteiger partial charge is 0.273 e. The van der Waals surface area contributed by atoms with Gasteiger partial charge in [-0.15, -0.1) is 21.5 Å². The van der Waals surface area contributed by atoms with Gasteiger partial charge in [0.1, 0.15) is 5.75 Å². The lowest BCUT2D eigenvalue weighted by Gasteiger charge is -2.10. The first-order chi connectivity index (χ1) is 15.5. The summed E-state index contributed by atoms with van der Waals surface area (Å²) in [5.74, 6) is 0.110. The van der Waals surface area contributed by atoms with Gasteiger partial charge in [0, 0.05) is 5.69 Å². The van der Waals surface area contributed by atoms with Crippen LogP contribution in [-0.2, 0) is 15.6 Å². The summed E-state index contributed by atoms with van der Waals surface area (Å²) in [6, 6.07) is 24.3. The standard InChI is InChI=1S/C23H18N4O2S3/c1-16-11-13-18(14-12-16)32(28,29)15-21-25-26-22(27(21)17-7-3-2-4-8-17)31-23-24-19-9-5-6-10-20(19)30-23/h2-14H,15H2,1H3. The molecule has 0 aliphatic carbocycles. The molecule has 0 unspecified atom stereocenters. The number of aromatic nitrogens is 4. The molecule has 9 heteroatoms. The van der Waals surface area contributed by atoms with Gasteiger partial charge in [0.25, 0.3) is 0 Å². The van der Waals surface area contributed by atoms with Crippen molar-refractivity contribution in [3.63, 3.8) is 0 Å². The number of nitrogens with zero attached hydrogens (tertiary/aromatic N) is 4. The topological polar surface area (TPSA) is 77.7 Å². The molecular formula is C23H18N4O2S3. The van der Waals surface area contributed by atoms with Crippen molar-refractivity contribution in [3.8, 4) is 5.69 Å². The minimum absolute atomic E-state index is 0.252. The first-order valence-corrected chi connectivity index (χ1v) is 13.1. The quantitative estimate of drug-likeness (QED) is 0.329. The highest BCUT2D eigenvalue weighted by Gasteiger charge is 2.23. The number of aryl methyl sites for hydroxylation is 1. The Morgan fingerprint density at radius 1 is 0.906 bits per heavy atom. The van der Waals surface area contributed by atoms with E-state index in [0.29, 0.717) is 11.0 Å². The Balaban J connectivity index is 1.54. The molecule has 0 amide bonds. The van der Waals surface area contributed by atoms with Crippen LogP contribution in [0.15, 0.2) is 93.3 Å². The van der Waals surface area contributed by atoms with Crippen LogP contribution in [-0.4, -0.2) is 28.2 Å². The van der Waals surface area contributed by atoms with E-state index in [1.54, 1.807) is 40.2 Å². The second-order valence-electron chi connectivity index (χ2n) is 7.19. The Hall–Kier alpha value is -3.01. The molecule has 0 aliphatic rings. The van der Waals surface area contributed by atoms with Crippen molar-refractivity contribution in [1.82, 2.24) is 19.7 Å². The van der Waals surface area contributed by atoms with Crippen molar-refractivity contribution in [1.29, 1.82) is 0 Å². The molecule has 2 aromatic heterocycles. The van der Waals surface area contributed by atoms with Crippen molar-refractivity contribution in [2.45, 2.75) is 27.1 Å². The molecule has 160 valence electrons. The fourth-order valence-corrected chi connectivity index (χ4v) is 6.55. The summed E-state index contributed by atoms with van der Waals surface area (Å²) in [6.07, 6.45) is 0. The number of sulfone groups is 1. The molecule has 32 heavy (non-hydrogen) atoms. The summed E-state index contributed by atoms with van der Waals surface area (Å²) >= 11 is 2.95. The fourth-order valence-electron chi connectivity index (χ4n) is 3.27. The second kappa shape index (κ2) is 8.50. The Bertz CT molecular complexity index is 1460. The van der Waals surface area contributed by atoms with Crippen LogP contribution in [0.3, 0.4) is 0 Å². The number of fused-ring (bicyclic) bond motifs is 1. The molecule has 0 aliphatic heterocycles. The molecular weight excluding hydrogens is 460 g/mol. The van der Waals surface area contributed by atoms with Crippen molar-refractivity contribution in [3.05, 3.63) is 90.3 Å². The van der Waals surface area contributed by atoms with Gasteiger partial charge in [0.15, 0.2) is 20.0 Å². The molecule has 2 heterocycles. The van der Waals surface area contributed by atoms with Crippen LogP contribution in [0, 0.1) is 6.92 Å². The van der Waals surface area contributed by atoms with Crippen LogP contribution < -0.4 is 0 Å². The Morgan fingerprint density at radius 2 is 1.62 bits per heavy atom. The predicted molar refractivity (Wildman–Crippen MR) is 127 cm³/mol. The summed E-state index contributed by atoms with van der Waals surface area (Å²) in [7, 11) is -3.59. The van der Waals surface area contributed by atoms with Gasteiger partial charge in [-0.1, -0.05) is 48.0 Å². The average molecular weight is 479 g/mol. The average Bonchev–Trinajstić information content (AvgIpc) is 3.37. The Morgan fingerprint density at radius 3 is 2.38 bits per heavy atom. The second-order valence-corrected chi connectivity index (χ2v) is 11.4. The fraction of sp³-hybridized carbons (Fsp3) is 0.0870. The number of para-hydroxylation sites is 2. The number of benzene rings is 3. The van der Waals surface area contributed by atoms with E-state index in [-0.39, 0.29) is 10.6 Å². The van der Waals surface area contributed by atoms with Crippen molar-refractivity contribution in [2.24, 2.45) is 0 Å². The zero-order chi connectivity index (χ0) is 22.1. The molecule has 0 N–H and O–H groups in total. The molecule has 3 aromatic carbocycles. The van der Waals surface area contributed by atoms with Crippen LogP contribution in [0.25, 0.3) is 15.9 Å². The maximum absolute atomic E-state index is 13.1. The van der Waals surface area contributed by atoms with E-state index in [0.717, 1.165) is 25.8 Å². The van der Waals surface area contributed by atoms with E-state index in [4.69, 9.17) is 0 Å². The lowest BCUT2D eigenvalue weighted by Crippen LogP contribution is -2.11. The third-order valence-corrected chi connectivity index (χ3v) is 8.54. The molecule has 0 atom stereocenters. The molecule has 0 radical (unpaired) electrons. The van der Waals surface area contributed by atoms with E-state index in [1.165, 1.54) is 11.8 Å². The van der Waals surface area contributed by atoms with Gasteiger partial charge >= 0.3 is 0 Å². The summed E-state index contributed by atoms with van der Waals surface area (Å²) in [4.78, 5) is 4.93. The Kier molecular flexibility index (Phi) is 5.54. The normalized spacial score (nSPS) is 11.8. The highest BCUT2D eigenvalue weighted by atomic mass is 32.2. The summed E-state index contributed by atoms with van der Waals surface area (Å²) < 4.78 is 29.9. The molecule has 6 nitrogen and oxygen atoms in total. The van der Waals surface area contributed by atoms with E-state index >= 15 is 0 Å². The van der Waals surface area contributed by atoms with Crippen LogP contribution in [0.2, 0.25) is 0 Å². The Labute approximate surface area is 193 Å². The summed E-state index contributed by atoms with van der Waals surface area (Å²) in [6.45, 7) is 1.92. The highest BCUT2D eigenvalue weighted by Crippen LogP contribution is 2.35. The first kappa shape index (κ1) is 20.9. The van der Waals surface area contributed by atoms with Crippen LogP contribution in [0.1, 0.15) is 11.4 Å². The molecule has 0 saturated carbocycles. The molecule has 0 saturated heterocycles. The monoisotopic (exact) mass is 478 g/mol. The van der Waals surface area contributed by atoms with Gasteiger partial charge in [0.2, 0.25) is 5.16 Å². The van der Waals surface area contributed by atoms with Gasteiger partial charge < -0.3 is 0 Å². The molecule has 5 aromatic rings. The van der Waals surface area contributed by atoms with Gasteiger partial charge in [-0.25, -0.2) is 13.4 Å². The van der Waals surface area contributed by atoms with E-state index in [2.05, 4.69) is 15.2 Å². The van der Waals surface area contributed by atoms with Gasteiger partial charge in [-0.3, -0.25) is 4.57 Å². The number of rotatable bonds is 6. The zero-order valence-corrected chi connectivity index (χ0v) is 19.5. The highest BCUT2D eigenvalue weighted by molar-refractivity contribution is 8.01. The first-order valence-electron chi connectivity index (χ1n) is 9.82. The van der Waals surface area contributed by atoms with Gasteiger partial charge in [0.05, 0.1) is 15.1 Å². The van der Waals surface area contributed by atoms with Crippen molar-refractivity contribution >= 4 is 43.2 Å². The van der Waals surface area contributed by atoms with E-state index in [1.807, 2.05) is 61.5 Å². The lowest BCUT2D eigenvalue weighted by molar-refractivity contribution is 0.593. The summed E-state index contributed by atoms with van der Waals surface area (Å²) in [5.41, 5.74) is 2.73. The predicted octanol–water partition coefficient (Wildman–Crippen LogP) is 5.31. The molecule has 0 spiro atoms. The van der Waals surface area contributed by atoms with Gasteiger partial charge in [-0.05, 0) is 55.1 Å². The van der Waals surface area contributed by atoms with E-state index in [9.17, 15) is 8.42 Å². The number of hydrogen-bond donors (Lipinski definition) is 0. The maximum Gasteiger partial charge on any atom is 0.202 e. The minimum atomic E-state index is -3.59. The van der Waals surface area contributed by atoms with Crippen molar-refractivity contribution in [2.75, 3.05) is 0 Å². The lowest BCUT2D eigenvalue weighted by atomic mass is 10.2. The third-order valence-electron chi connectivity index (χ3n) is 4.87. The van der Waals surface area contributed by atoms with Crippen LogP contribution in [0.4, 0.5) is 0 Å². The van der Waals surface area contributed by atoms with Gasteiger partial charge in [-0.2, -0.15) is 0 Å². The minimum Gasteiger partial charge on any atom is -0.273 e.